The SMILES string of the molecule is C/C=C\CCCC(=O)OC.O=C1CCC(c2ccc(CC3CCCCC3)cc2)C1. The second-order valence-corrected chi connectivity index (χ2v) is 8.47. The molecule has 3 heteroatoms. The van der Waals surface area contributed by atoms with Crippen molar-refractivity contribution in [2.24, 2.45) is 5.92 Å². The summed E-state index contributed by atoms with van der Waals surface area (Å²) in [5.74, 6) is 1.73. The third-order valence-corrected chi connectivity index (χ3v) is 6.16. The van der Waals surface area contributed by atoms with Gasteiger partial charge in [0.05, 0.1) is 7.11 Å². The van der Waals surface area contributed by atoms with E-state index in [2.05, 4.69) is 29.0 Å². The number of benzene rings is 1. The fraction of sp³-hybridized carbons (Fsp3) is 0.615. The zero-order valence-corrected chi connectivity index (χ0v) is 18.3. The van der Waals surface area contributed by atoms with Gasteiger partial charge in [0.15, 0.2) is 0 Å². The average molecular weight is 399 g/mol. The van der Waals surface area contributed by atoms with E-state index >= 15 is 0 Å². The van der Waals surface area contributed by atoms with Gasteiger partial charge < -0.3 is 4.74 Å². The van der Waals surface area contributed by atoms with Gasteiger partial charge in [0.2, 0.25) is 0 Å². The van der Waals surface area contributed by atoms with E-state index in [1.807, 2.05) is 19.1 Å². The normalized spacial score (nSPS) is 19.8. The van der Waals surface area contributed by atoms with Crippen molar-refractivity contribution in [3.05, 3.63) is 47.5 Å². The minimum Gasteiger partial charge on any atom is -0.469 e. The van der Waals surface area contributed by atoms with Gasteiger partial charge >= 0.3 is 5.97 Å². The molecule has 0 saturated heterocycles. The van der Waals surface area contributed by atoms with E-state index in [-0.39, 0.29) is 5.97 Å². The fourth-order valence-corrected chi connectivity index (χ4v) is 4.38. The van der Waals surface area contributed by atoms with Gasteiger partial charge in [0, 0.05) is 19.3 Å². The van der Waals surface area contributed by atoms with Crippen LogP contribution in [0.3, 0.4) is 0 Å². The highest BCUT2D eigenvalue weighted by Gasteiger charge is 2.23. The number of rotatable bonds is 7. The first-order valence-electron chi connectivity index (χ1n) is 11.4. The van der Waals surface area contributed by atoms with E-state index in [1.165, 1.54) is 56.8 Å². The first-order valence-corrected chi connectivity index (χ1v) is 11.4. The molecule has 0 radical (unpaired) electrons. The third kappa shape index (κ3) is 8.97. The highest BCUT2D eigenvalue weighted by atomic mass is 16.5. The Balaban J connectivity index is 0.000000257. The van der Waals surface area contributed by atoms with Gasteiger partial charge in [-0.1, -0.05) is 68.5 Å². The number of hydrogen-bond acceptors (Lipinski definition) is 3. The summed E-state index contributed by atoms with van der Waals surface area (Å²) in [4.78, 5) is 21.9. The Labute approximate surface area is 176 Å². The molecule has 0 N–H and O–H groups in total. The highest BCUT2D eigenvalue weighted by Crippen LogP contribution is 2.33. The highest BCUT2D eigenvalue weighted by molar-refractivity contribution is 5.81. The molecule has 0 heterocycles. The molecule has 160 valence electrons. The van der Waals surface area contributed by atoms with Crippen LogP contribution in [0.2, 0.25) is 0 Å². The Morgan fingerprint density at radius 3 is 2.41 bits per heavy atom. The van der Waals surface area contributed by atoms with Crippen LogP contribution in [-0.4, -0.2) is 18.9 Å². The predicted molar refractivity (Wildman–Crippen MR) is 119 cm³/mol. The number of ketones is 1. The molecule has 2 aliphatic rings. The largest absolute Gasteiger partial charge is 0.469 e. The smallest absolute Gasteiger partial charge is 0.305 e. The molecule has 3 nitrogen and oxygen atoms in total. The lowest BCUT2D eigenvalue weighted by Gasteiger charge is -2.21. The van der Waals surface area contributed by atoms with Crippen molar-refractivity contribution in [1.29, 1.82) is 0 Å². The molecule has 0 aliphatic heterocycles. The Kier molecular flexibility index (Phi) is 10.8. The van der Waals surface area contributed by atoms with Gasteiger partial charge in [-0.25, -0.2) is 0 Å². The van der Waals surface area contributed by atoms with Gasteiger partial charge in [0.1, 0.15) is 5.78 Å². The predicted octanol–water partition coefficient (Wildman–Crippen LogP) is 6.55. The maximum absolute atomic E-state index is 11.4. The molecule has 2 aliphatic carbocycles. The van der Waals surface area contributed by atoms with Crippen molar-refractivity contribution in [3.63, 3.8) is 0 Å². The van der Waals surface area contributed by atoms with Crippen LogP contribution in [0.5, 0.6) is 0 Å². The van der Waals surface area contributed by atoms with Crippen molar-refractivity contribution in [1.82, 2.24) is 0 Å². The quantitative estimate of drug-likeness (QED) is 0.297. The number of Topliss-reactive ketones (excluding diaryl/α,β-unsaturated/α-hetero) is 1. The number of ether oxygens (including phenoxy) is 1. The van der Waals surface area contributed by atoms with Crippen LogP contribution >= 0.6 is 0 Å². The van der Waals surface area contributed by atoms with Crippen LogP contribution in [0.15, 0.2) is 36.4 Å². The lowest BCUT2D eigenvalue weighted by molar-refractivity contribution is -0.140. The third-order valence-electron chi connectivity index (χ3n) is 6.16. The second-order valence-electron chi connectivity index (χ2n) is 8.47. The molecule has 3 rings (SSSR count). The first kappa shape index (κ1) is 23.4. The molecule has 2 saturated carbocycles. The lowest BCUT2D eigenvalue weighted by atomic mass is 9.84. The van der Waals surface area contributed by atoms with Crippen LogP contribution in [0.25, 0.3) is 0 Å². The summed E-state index contributed by atoms with van der Waals surface area (Å²) >= 11 is 0. The summed E-state index contributed by atoms with van der Waals surface area (Å²) in [7, 11) is 1.41. The molecule has 1 atom stereocenters. The molecule has 0 aromatic heterocycles. The molecule has 29 heavy (non-hydrogen) atoms. The summed E-state index contributed by atoms with van der Waals surface area (Å²) in [5, 5.41) is 0. The summed E-state index contributed by atoms with van der Waals surface area (Å²) < 4.78 is 4.47. The molecule has 1 unspecified atom stereocenters. The van der Waals surface area contributed by atoms with Crippen molar-refractivity contribution < 1.29 is 14.3 Å². The zero-order chi connectivity index (χ0) is 20.9. The Bertz CT molecular complexity index is 638. The number of methoxy groups -OCH3 is 1. The van der Waals surface area contributed by atoms with Crippen LogP contribution in [-0.2, 0) is 20.7 Å². The average Bonchev–Trinajstić information content (AvgIpc) is 3.19. The van der Waals surface area contributed by atoms with E-state index in [4.69, 9.17) is 0 Å². The van der Waals surface area contributed by atoms with Crippen LogP contribution in [0.4, 0.5) is 0 Å². The Morgan fingerprint density at radius 2 is 1.83 bits per heavy atom. The van der Waals surface area contributed by atoms with Crippen LogP contribution in [0.1, 0.15) is 94.6 Å². The number of carbonyl (C=O) groups excluding carboxylic acids is 2. The maximum Gasteiger partial charge on any atom is 0.305 e. The van der Waals surface area contributed by atoms with Crippen molar-refractivity contribution in [2.45, 2.75) is 89.9 Å². The van der Waals surface area contributed by atoms with E-state index in [1.54, 1.807) is 0 Å². The van der Waals surface area contributed by atoms with Crippen molar-refractivity contribution in [3.8, 4) is 0 Å². The van der Waals surface area contributed by atoms with E-state index in [0.717, 1.165) is 38.0 Å². The fourth-order valence-electron chi connectivity index (χ4n) is 4.38. The molecule has 0 spiro atoms. The summed E-state index contributed by atoms with van der Waals surface area (Å²) in [6.07, 6.45) is 17.4. The van der Waals surface area contributed by atoms with E-state index in [9.17, 15) is 9.59 Å². The van der Waals surface area contributed by atoms with E-state index < -0.39 is 0 Å². The van der Waals surface area contributed by atoms with Crippen molar-refractivity contribution in [2.75, 3.05) is 7.11 Å². The van der Waals surface area contributed by atoms with Gasteiger partial charge in [-0.05, 0) is 55.6 Å². The van der Waals surface area contributed by atoms with Gasteiger partial charge in [-0.2, -0.15) is 0 Å². The molecular formula is C26H38O3. The summed E-state index contributed by atoms with van der Waals surface area (Å²) in [5.41, 5.74) is 2.86. The number of unbranched alkanes of at least 4 members (excludes halogenated alkanes) is 1. The van der Waals surface area contributed by atoms with Crippen LogP contribution < -0.4 is 0 Å². The van der Waals surface area contributed by atoms with Gasteiger partial charge in [-0.3, -0.25) is 9.59 Å². The number of carbonyl (C=O) groups is 2. The topological polar surface area (TPSA) is 43.4 Å². The number of esters is 1. The van der Waals surface area contributed by atoms with Gasteiger partial charge in [0.25, 0.3) is 0 Å². The number of allylic oxidation sites excluding steroid dienone is 2. The summed E-state index contributed by atoms with van der Waals surface area (Å²) in [6, 6.07) is 9.13. The van der Waals surface area contributed by atoms with Crippen molar-refractivity contribution >= 4 is 11.8 Å². The molecule has 1 aromatic rings. The minimum absolute atomic E-state index is 0.121. The van der Waals surface area contributed by atoms with E-state index in [0.29, 0.717) is 18.1 Å². The lowest BCUT2D eigenvalue weighted by Crippen LogP contribution is -2.09. The molecule has 2 fully saturated rings. The summed E-state index contributed by atoms with van der Waals surface area (Å²) in [6.45, 7) is 1.97. The standard InChI is InChI=1S/C18H24O.C8H14O2/c19-18-11-10-17(13-18)16-8-6-15(7-9-16)12-14-4-2-1-3-5-14;1-3-4-5-6-7-8(9)10-2/h6-9,14,17H,1-5,10-13H2;3-4H,5-7H2,1-2H3/b;4-3-. The maximum atomic E-state index is 11.4. The minimum atomic E-state index is -0.121. The molecule has 0 bridgehead atoms. The molecule has 0 amide bonds. The zero-order valence-electron chi connectivity index (χ0n) is 18.3. The second kappa shape index (κ2) is 13.3. The number of hydrogen-bond donors (Lipinski definition) is 0. The Hall–Kier alpha value is -1.90. The first-order chi connectivity index (χ1) is 14.1. The monoisotopic (exact) mass is 398 g/mol. The van der Waals surface area contributed by atoms with Gasteiger partial charge in [-0.15, -0.1) is 0 Å². The van der Waals surface area contributed by atoms with Crippen LogP contribution in [0, 0.1) is 5.92 Å². The molecule has 1 aromatic carbocycles. The Morgan fingerprint density at radius 1 is 1.10 bits per heavy atom. The molecular weight excluding hydrogens is 360 g/mol.